The third kappa shape index (κ3) is 3.36. The minimum Gasteiger partial charge on any atom is -0.467 e. The van der Waals surface area contributed by atoms with E-state index in [0.29, 0.717) is 0 Å². The number of carbonyl (C=O) groups excluding carboxylic acids is 1. The van der Waals surface area contributed by atoms with Crippen molar-refractivity contribution in [2.75, 3.05) is 19.0 Å². The topological polar surface area (TPSA) is 138 Å². The van der Waals surface area contributed by atoms with Crippen LogP contribution in [0, 0.1) is 21.4 Å². The van der Waals surface area contributed by atoms with Crippen LogP contribution in [0.2, 0.25) is 0 Å². The van der Waals surface area contributed by atoms with Crippen molar-refractivity contribution in [1.82, 2.24) is 4.98 Å². The number of rotatable bonds is 5. The fourth-order valence-corrected chi connectivity index (χ4v) is 1.24. The van der Waals surface area contributed by atoms with Gasteiger partial charge in [-0.1, -0.05) is 0 Å². The van der Waals surface area contributed by atoms with E-state index in [1.54, 1.807) is 6.07 Å². The molecule has 100 valence electrons. The second-order valence-corrected chi connectivity index (χ2v) is 3.36. The smallest absolute Gasteiger partial charge is 0.330 e. The molecule has 9 nitrogen and oxygen atoms in total. The molecule has 1 atom stereocenters. The van der Waals surface area contributed by atoms with Crippen LogP contribution in [0.4, 0.5) is 11.5 Å². The van der Waals surface area contributed by atoms with Gasteiger partial charge in [0.2, 0.25) is 0 Å². The van der Waals surface area contributed by atoms with Gasteiger partial charge in [-0.3, -0.25) is 10.1 Å². The molecule has 0 aliphatic heterocycles. The third-order valence-corrected chi connectivity index (χ3v) is 2.18. The average molecular weight is 266 g/mol. The van der Waals surface area contributed by atoms with Gasteiger partial charge in [-0.05, 0) is 0 Å². The van der Waals surface area contributed by atoms with Crippen molar-refractivity contribution < 1.29 is 19.6 Å². The van der Waals surface area contributed by atoms with Gasteiger partial charge in [-0.25, -0.2) is 9.78 Å². The molecule has 1 aromatic rings. The van der Waals surface area contributed by atoms with E-state index in [2.05, 4.69) is 15.0 Å². The summed E-state index contributed by atoms with van der Waals surface area (Å²) in [4.78, 5) is 24.8. The van der Waals surface area contributed by atoms with E-state index in [0.717, 1.165) is 19.4 Å². The molecule has 0 aromatic carbocycles. The second kappa shape index (κ2) is 6.27. The summed E-state index contributed by atoms with van der Waals surface area (Å²) in [5.74, 6) is -0.788. The fraction of sp³-hybridized carbons (Fsp3) is 0.300. The number of nitrogens with one attached hydrogen (secondary N) is 1. The van der Waals surface area contributed by atoms with Gasteiger partial charge in [0.1, 0.15) is 29.7 Å². The number of nitriles is 1. The number of methoxy groups -OCH3 is 1. The Balaban J connectivity index is 3.04. The molecule has 0 radical (unpaired) electrons. The van der Waals surface area contributed by atoms with Gasteiger partial charge in [-0.2, -0.15) is 5.26 Å². The Morgan fingerprint density at radius 3 is 2.95 bits per heavy atom. The van der Waals surface area contributed by atoms with Gasteiger partial charge in [-0.15, -0.1) is 0 Å². The number of aliphatic hydroxyl groups is 1. The molecule has 19 heavy (non-hydrogen) atoms. The van der Waals surface area contributed by atoms with Crippen LogP contribution in [-0.2, 0) is 9.53 Å². The minimum atomic E-state index is -1.11. The van der Waals surface area contributed by atoms with Gasteiger partial charge < -0.3 is 15.2 Å². The molecule has 1 unspecified atom stereocenters. The van der Waals surface area contributed by atoms with Gasteiger partial charge in [0.15, 0.2) is 0 Å². The maximum atomic E-state index is 11.3. The van der Waals surface area contributed by atoms with Crippen LogP contribution >= 0.6 is 0 Å². The molecule has 0 saturated heterocycles. The van der Waals surface area contributed by atoms with Gasteiger partial charge in [0.05, 0.1) is 18.6 Å². The number of nitro groups is 1. The largest absolute Gasteiger partial charge is 0.467 e. The van der Waals surface area contributed by atoms with Crippen LogP contribution in [0.5, 0.6) is 0 Å². The summed E-state index contributed by atoms with van der Waals surface area (Å²) in [7, 11) is 1.14. The monoisotopic (exact) mass is 266 g/mol. The first-order valence-corrected chi connectivity index (χ1v) is 5.03. The Kier molecular flexibility index (Phi) is 4.73. The van der Waals surface area contributed by atoms with E-state index in [9.17, 15) is 14.9 Å². The molecule has 1 aromatic heterocycles. The molecule has 0 saturated carbocycles. The SMILES string of the molecule is COC(=O)C(CO)Nc1ncc([N+](=O)[O-])cc1C#N. The van der Waals surface area contributed by atoms with E-state index in [1.807, 2.05) is 0 Å². The predicted octanol–water partition coefficient (Wildman–Crippen LogP) is -0.193. The first-order valence-electron chi connectivity index (χ1n) is 5.03. The molecule has 0 amide bonds. The number of hydrogen-bond donors (Lipinski definition) is 2. The molecule has 1 rings (SSSR count). The molecule has 0 aliphatic rings. The minimum absolute atomic E-state index is 0.0439. The van der Waals surface area contributed by atoms with Gasteiger partial charge >= 0.3 is 5.97 Å². The number of esters is 1. The predicted molar refractivity (Wildman–Crippen MR) is 62.1 cm³/mol. The van der Waals surface area contributed by atoms with Crippen molar-refractivity contribution in [2.45, 2.75) is 6.04 Å². The standard InChI is InChI=1S/C10H10N4O5/c1-19-10(16)8(5-15)13-9-6(3-11)2-7(4-12-9)14(17)18/h2,4,8,15H,5H2,1H3,(H,12,13). The summed E-state index contributed by atoms with van der Waals surface area (Å²) in [6.45, 7) is -0.573. The zero-order chi connectivity index (χ0) is 14.4. The highest BCUT2D eigenvalue weighted by atomic mass is 16.6. The van der Waals surface area contributed by atoms with Crippen LogP contribution in [0.15, 0.2) is 12.3 Å². The highest BCUT2D eigenvalue weighted by molar-refractivity contribution is 5.79. The summed E-state index contributed by atoms with van der Waals surface area (Å²) in [5, 5.41) is 30.9. The van der Waals surface area contributed by atoms with Crippen molar-refractivity contribution in [2.24, 2.45) is 0 Å². The zero-order valence-corrected chi connectivity index (χ0v) is 9.86. The molecule has 0 bridgehead atoms. The Hall–Kier alpha value is -2.73. The van der Waals surface area contributed by atoms with Crippen molar-refractivity contribution in [1.29, 1.82) is 5.26 Å². The maximum Gasteiger partial charge on any atom is 0.330 e. The lowest BCUT2D eigenvalue weighted by molar-refractivity contribution is -0.385. The van der Waals surface area contributed by atoms with E-state index in [4.69, 9.17) is 10.4 Å². The Bertz CT molecular complexity index is 539. The van der Waals surface area contributed by atoms with Crippen molar-refractivity contribution in [3.8, 4) is 6.07 Å². The highest BCUT2D eigenvalue weighted by Crippen LogP contribution is 2.18. The summed E-state index contributed by atoms with van der Waals surface area (Å²) in [5.41, 5.74) is -0.461. The fourth-order valence-electron chi connectivity index (χ4n) is 1.24. The number of nitrogens with zero attached hydrogens (tertiary/aromatic N) is 3. The zero-order valence-electron chi connectivity index (χ0n) is 9.86. The van der Waals surface area contributed by atoms with Crippen LogP contribution in [-0.4, -0.2) is 40.7 Å². The van der Waals surface area contributed by atoms with E-state index in [-0.39, 0.29) is 17.1 Å². The van der Waals surface area contributed by atoms with Gasteiger partial charge in [0.25, 0.3) is 5.69 Å². The Labute approximate surface area is 107 Å². The first kappa shape index (κ1) is 14.3. The lowest BCUT2D eigenvalue weighted by atomic mass is 10.2. The number of pyridine rings is 1. The maximum absolute atomic E-state index is 11.3. The number of ether oxygens (including phenoxy) is 1. The number of aliphatic hydroxyl groups excluding tert-OH is 1. The molecule has 1 heterocycles. The second-order valence-electron chi connectivity index (χ2n) is 3.36. The van der Waals surface area contributed by atoms with E-state index in [1.165, 1.54) is 0 Å². The molecular weight excluding hydrogens is 256 g/mol. The van der Waals surface area contributed by atoms with Gasteiger partial charge in [0, 0.05) is 6.07 Å². The summed E-state index contributed by atoms with van der Waals surface area (Å²) < 4.78 is 4.43. The molecule has 0 aliphatic carbocycles. The highest BCUT2D eigenvalue weighted by Gasteiger charge is 2.21. The number of carbonyl (C=O) groups is 1. The Morgan fingerprint density at radius 2 is 2.47 bits per heavy atom. The number of aromatic nitrogens is 1. The first-order chi connectivity index (χ1) is 9.03. The molecule has 0 spiro atoms. The van der Waals surface area contributed by atoms with Crippen LogP contribution in [0.25, 0.3) is 0 Å². The normalized spacial score (nSPS) is 11.2. The summed E-state index contributed by atoms with van der Waals surface area (Å²) in [6, 6.07) is 1.62. The molecular formula is C10H10N4O5. The van der Waals surface area contributed by atoms with Crippen LogP contribution in [0.3, 0.4) is 0 Å². The molecule has 0 fully saturated rings. The third-order valence-electron chi connectivity index (χ3n) is 2.18. The number of hydrogen-bond acceptors (Lipinski definition) is 8. The molecule has 2 N–H and O–H groups in total. The lowest BCUT2D eigenvalue weighted by Gasteiger charge is -2.14. The van der Waals surface area contributed by atoms with Crippen molar-refractivity contribution >= 4 is 17.5 Å². The average Bonchev–Trinajstić information content (AvgIpc) is 2.43. The Morgan fingerprint density at radius 1 is 1.79 bits per heavy atom. The van der Waals surface area contributed by atoms with Crippen molar-refractivity contribution in [3.63, 3.8) is 0 Å². The van der Waals surface area contributed by atoms with Crippen LogP contribution < -0.4 is 5.32 Å². The van der Waals surface area contributed by atoms with E-state index >= 15 is 0 Å². The summed E-state index contributed by atoms with van der Waals surface area (Å²) in [6.07, 6.45) is 0.939. The quantitative estimate of drug-likeness (QED) is 0.424. The van der Waals surface area contributed by atoms with Crippen LogP contribution in [0.1, 0.15) is 5.56 Å². The number of anilines is 1. The molecule has 9 heteroatoms. The summed E-state index contributed by atoms with van der Waals surface area (Å²) >= 11 is 0. The lowest BCUT2D eigenvalue weighted by Crippen LogP contribution is -2.34. The van der Waals surface area contributed by atoms with Crippen molar-refractivity contribution in [3.05, 3.63) is 27.9 Å². The van der Waals surface area contributed by atoms with E-state index < -0.39 is 23.5 Å².